The Balaban J connectivity index is 1.55. The van der Waals surface area contributed by atoms with Gasteiger partial charge in [0.1, 0.15) is 18.1 Å². The molecule has 1 atom stereocenters. The topological polar surface area (TPSA) is 17.3 Å². The molecule has 100 valence electrons. The van der Waals surface area contributed by atoms with Gasteiger partial charge >= 0.3 is 0 Å². The van der Waals surface area contributed by atoms with Crippen LogP contribution in [0.15, 0.2) is 48.5 Å². The van der Waals surface area contributed by atoms with Gasteiger partial charge in [-0.3, -0.25) is 0 Å². The zero-order valence-corrected chi connectivity index (χ0v) is 12.1. The normalized spacial score (nSPS) is 18.1. The summed E-state index contributed by atoms with van der Waals surface area (Å²) in [5, 5.41) is 1.26. The number of nitrogens with one attached hydrogen (secondary N) is 1. The number of fused-ring (bicyclic) bond motifs is 2. The Kier molecular flexibility index (Phi) is 3.02. The van der Waals surface area contributed by atoms with Crippen LogP contribution in [0.5, 0.6) is 0 Å². The molecule has 1 unspecified atom stereocenters. The number of benzene rings is 2. The third kappa shape index (κ3) is 2.23. The molecule has 0 bridgehead atoms. The fraction of sp³-hybridized carbons (Fsp3) is 0.235. The zero-order chi connectivity index (χ0) is 13.4. The molecule has 0 aliphatic carbocycles. The molecule has 0 saturated heterocycles. The minimum Gasteiger partial charge on any atom is -0.325 e. The molecule has 20 heavy (non-hydrogen) atoms. The molecule has 1 N–H and O–H groups in total. The van der Waals surface area contributed by atoms with Crippen molar-refractivity contribution in [2.24, 2.45) is 0 Å². The molecule has 3 aromatic rings. The molecule has 2 heterocycles. The summed E-state index contributed by atoms with van der Waals surface area (Å²) in [7, 11) is 0. The minimum atomic E-state index is 1.05. The average molecular weight is 281 g/mol. The molecule has 2 nitrogen and oxygen atoms in total. The van der Waals surface area contributed by atoms with Crippen LogP contribution in [-0.4, -0.2) is 11.5 Å². The first-order valence-electron chi connectivity index (χ1n) is 7.13. The van der Waals surface area contributed by atoms with Crippen LogP contribution in [0, 0.1) is 0 Å². The van der Waals surface area contributed by atoms with Gasteiger partial charge in [0.15, 0.2) is 0 Å². The average Bonchev–Trinajstić information content (AvgIpc) is 2.89. The van der Waals surface area contributed by atoms with Crippen molar-refractivity contribution in [3.05, 3.63) is 64.7 Å². The molecule has 1 aliphatic rings. The number of quaternary nitrogens is 1. The summed E-state index contributed by atoms with van der Waals surface area (Å²) in [6.45, 7) is 3.40. The predicted molar refractivity (Wildman–Crippen MR) is 83.0 cm³/mol. The Hall–Kier alpha value is -1.71. The fourth-order valence-electron chi connectivity index (χ4n) is 3.00. The third-order valence-corrected chi connectivity index (χ3v) is 5.08. The highest BCUT2D eigenvalue weighted by molar-refractivity contribution is 7.18. The Morgan fingerprint density at radius 2 is 1.80 bits per heavy atom. The summed E-state index contributed by atoms with van der Waals surface area (Å²) in [5.41, 5.74) is 4.18. The highest BCUT2D eigenvalue weighted by atomic mass is 32.1. The second kappa shape index (κ2) is 5.00. The Labute approximate surface area is 122 Å². The number of aromatic nitrogens is 1. The van der Waals surface area contributed by atoms with Crippen molar-refractivity contribution >= 4 is 21.6 Å². The maximum Gasteiger partial charge on any atom is 0.148 e. The summed E-state index contributed by atoms with van der Waals surface area (Å²) in [6.07, 6.45) is 1.19. The van der Waals surface area contributed by atoms with Gasteiger partial charge in [-0.2, -0.15) is 0 Å². The van der Waals surface area contributed by atoms with E-state index in [4.69, 9.17) is 4.98 Å². The summed E-state index contributed by atoms with van der Waals surface area (Å²) >= 11 is 1.84. The smallest absolute Gasteiger partial charge is 0.148 e. The molecular formula is C17H17N2S+. The summed E-state index contributed by atoms with van der Waals surface area (Å²) < 4.78 is 1.30. The number of para-hydroxylation sites is 1. The second-order valence-corrected chi connectivity index (χ2v) is 6.56. The van der Waals surface area contributed by atoms with Crippen molar-refractivity contribution < 1.29 is 4.90 Å². The van der Waals surface area contributed by atoms with E-state index in [-0.39, 0.29) is 0 Å². The summed E-state index contributed by atoms with van der Waals surface area (Å²) in [4.78, 5) is 6.39. The van der Waals surface area contributed by atoms with Crippen molar-refractivity contribution in [3.63, 3.8) is 0 Å². The van der Waals surface area contributed by atoms with Crippen LogP contribution in [0.1, 0.15) is 16.1 Å². The van der Waals surface area contributed by atoms with Crippen LogP contribution in [0.2, 0.25) is 0 Å². The molecule has 3 heteroatoms. The lowest BCUT2D eigenvalue weighted by molar-refractivity contribution is -0.929. The van der Waals surface area contributed by atoms with Gasteiger partial charge in [0.2, 0.25) is 0 Å². The maximum absolute atomic E-state index is 4.76. The van der Waals surface area contributed by atoms with Crippen LogP contribution in [0.4, 0.5) is 0 Å². The van der Waals surface area contributed by atoms with E-state index in [0.29, 0.717) is 0 Å². The lowest BCUT2D eigenvalue weighted by Crippen LogP contribution is -3.10. The van der Waals surface area contributed by atoms with Gasteiger partial charge in [0, 0.05) is 12.0 Å². The van der Waals surface area contributed by atoms with Gasteiger partial charge < -0.3 is 4.90 Å². The molecule has 0 fully saturated rings. The molecule has 4 rings (SSSR count). The highest BCUT2D eigenvalue weighted by Crippen LogP contribution is 2.21. The standard InChI is InChI=1S/C17H16N2S/c1-2-6-14-11-19(10-9-13(14)5-1)12-17-18-15-7-3-4-8-16(15)20-17/h1-8H,9-12H2/p+1. The number of nitrogens with zero attached hydrogens (tertiary/aromatic N) is 1. The fourth-order valence-corrected chi connectivity index (χ4v) is 4.04. The molecule has 0 radical (unpaired) electrons. The molecule has 1 aliphatic heterocycles. The molecule has 0 saturated carbocycles. The van der Waals surface area contributed by atoms with Gasteiger partial charge in [0.25, 0.3) is 0 Å². The van der Waals surface area contributed by atoms with Gasteiger partial charge in [-0.1, -0.05) is 36.4 Å². The van der Waals surface area contributed by atoms with Crippen LogP contribution in [0.3, 0.4) is 0 Å². The lowest BCUT2D eigenvalue weighted by Gasteiger charge is -2.25. The first kappa shape index (κ1) is 12.1. The zero-order valence-electron chi connectivity index (χ0n) is 11.3. The van der Waals surface area contributed by atoms with E-state index < -0.39 is 0 Å². The number of hydrogen-bond donors (Lipinski definition) is 1. The van der Waals surface area contributed by atoms with Crippen LogP contribution in [-0.2, 0) is 19.5 Å². The molecule has 2 aromatic carbocycles. The maximum atomic E-state index is 4.76. The van der Waals surface area contributed by atoms with Gasteiger partial charge in [-0.25, -0.2) is 4.98 Å². The Morgan fingerprint density at radius 3 is 2.70 bits per heavy atom. The van der Waals surface area contributed by atoms with E-state index in [2.05, 4.69) is 48.5 Å². The predicted octanol–water partition coefficient (Wildman–Crippen LogP) is 2.44. The van der Waals surface area contributed by atoms with E-state index in [1.54, 1.807) is 4.90 Å². The van der Waals surface area contributed by atoms with E-state index in [1.165, 1.54) is 33.8 Å². The molecule has 1 aromatic heterocycles. The first-order valence-corrected chi connectivity index (χ1v) is 7.95. The number of thiazole rings is 1. The largest absolute Gasteiger partial charge is 0.325 e. The Morgan fingerprint density at radius 1 is 1.00 bits per heavy atom. The van der Waals surface area contributed by atoms with E-state index in [0.717, 1.165) is 18.6 Å². The van der Waals surface area contributed by atoms with Crippen LogP contribution in [0.25, 0.3) is 10.2 Å². The quantitative estimate of drug-likeness (QED) is 0.763. The van der Waals surface area contributed by atoms with Gasteiger partial charge in [-0.05, 0) is 17.7 Å². The van der Waals surface area contributed by atoms with Crippen molar-refractivity contribution in [1.82, 2.24) is 4.98 Å². The number of hydrogen-bond acceptors (Lipinski definition) is 2. The highest BCUT2D eigenvalue weighted by Gasteiger charge is 2.20. The van der Waals surface area contributed by atoms with Crippen molar-refractivity contribution in [2.75, 3.05) is 6.54 Å². The van der Waals surface area contributed by atoms with E-state index in [9.17, 15) is 0 Å². The van der Waals surface area contributed by atoms with E-state index >= 15 is 0 Å². The van der Waals surface area contributed by atoms with Crippen molar-refractivity contribution in [1.29, 1.82) is 0 Å². The van der Waals surface area contributed by atoms with E-state index in [1.807, 2.05) is 11.3 Å². The van der Waals surface area contributed by atoms with Crippen molar-refractivity contribution in [3.8, 4) is 0 Å². The summed E-state index contributed by atoms with van der Waals surface area (Å²) in [5.74, 6) is 0. The Bertz CT molecular complexity index is 714. The molecule has 0 spiro atoms. The monoisotopic (exact) mass is 281 g/mol. The van der Waals surface area contributed by atoms with Gasteiger partial charge in [0.05, 0.1) is 16.8 Å². The SMILES string of the molecule is c1ccc2c(c1)CC[NH+](Cc1nc3ccccc3s1)C2. The first-order chi connectivity index (χ1) is 9.88. The summed E-state index contributed by atoms with van der Waals surface area (Å²) in [6, 6.07) is 17.3. The number of rotatable bonds is 2. The van der Waals surface area contributed by atoms with Crippen LogP contribution < -0.4 is 4.90 Å². The van der Waals surface area contributed by atoms with Crippen LogP contribution >= 0.6 is 11.3 Å². The van der Waals surface area contributed by atoms with Crippen molar-refractivity contribution in [2.45, 2.75) is 19.5 Å². The molecule has 0 amide bonds. The third-order valence-electron chi connectivity index (χ3n) is 4.05. The molecular weight excluding hydrogens is 264 g/mol. The lowest BCUT2D eigenvalue weighted by atomic mass is 10.0. The second-order valence-electron chi connectivity index (χ2n) is 5.45. The minimum absolute atomic E-state index is 1.05. The van der Waals surface area contributed by atoms with Gasteiger partial charge in [-0.15, -0.1) is 11.3 Å².